The highest BCUT2D eigenvalue weighted by molar-refractivity contribution is 5.46. The maximum atomic E-state index is 5.74. The minimum absolute atomic E-state index is 0.722. The fraction of sp³-hybridized carbons (Fsp3) is 0.538. The molecule has 0 bridgehead atoms. The molecule has 1 aromatic rings. The van der Waals surface area contributed by atoms with E-state index in [9.17, 15) is 0 Å². The lowest BCUT2D eigenvalue weighted by Crippen LogP contribution is -2.13. The van der Waals surface area contributed by atoms with Gasteiger partial charge in [-0.3, -0.25) is 0 Å². The first-order valence-electron chi connectivity index (χ1n) is 5.82. The normalized spacial score (nSPS) is 10.2. The van der Waals surface area contributed by atoms with Gasteiger partial charge in [0.25, 0.3) is 0 Å². The number of hydrogen-bond acceptors (Lipinski definition) is 3. The van der Waals surface area contributed by atoms with Gasteiger partial charge >= 0.3 is 0 Å². The van der Waals surface area contributed by atoms with E-state index in [2.05, 4.69) is 25.2 Å². The van der Waals surface area contributed by atoms with Gasteiger partial charge in [-0.15, -0.1) is 0 Å². The molecule has 3 heteroatoms. The summed E-state index contributed by atoms with van der Waals surface area (Å²) < 4.78 is 11.1. The Bertz CT molecular complexity index is 313. The molecule has 0 aliphatic heterocycles. The Morgan fingerprint density at radius 1 is 1.25 bits per heavy atom. The monoisotopic (exact) mass is 223 g/mol. The van der Waals surface area contributed by atoms with Crippen LogP contribution in [0.1, 0.15) is 25.8 Å². The number of benzene rings is 1. The smallest absolute Gasteiger partial charge is 0.165 e. The Balaban J connectivity index is 2.86. The van der Waals surface area contributed by atoms with Crippen LogP contribution < -0.4 is 14.8 Å². The summed E-state index contributed by atoms with van der Waals surface area (Å²) in [6.07, 6.45) is 0.999. The van der Waals surface area contributed by atoms with Crippen LogP contribution in [0.4, 0.5) is 0 Å². The number of nitrogens with one attached hydrogen (secondary N) is 1. The van der Waals surface area contributed by atoms with Crippen LogP contribution in [-0.2, 0) is 6.54 Å². The molecule has 0 heterocycles. The standard InChI is InChI=1S/C13H21NO2/c1-4-9-16-13-11(10-14-5-2)7-6-8-12(13)15-3/h6-8,14H,4-5,9-10H2,1-3H3. The quantitative estimate of drug-likeness (QED) is 0.770. The molecule has 0 amide bonds. The van der Waals surface area contributed by atoms with E-state index in [0.29, 0.717) is 0 Å². The summed E-state index contributed by atoms with van der Waals surface area (Å²) in [5.41, 5.74) is 1.15. The van der Waals surface area contributed by atoms with Crippen molar-refractivity contribution in [3.05, 3.63) is 23.8 Å². The summed E-state index contributed by atoms with van der Waals surface area (Å²) in [7, 11) is 1.67. The summed E-state index contributed by atoms with van der Waals surface area (Å²) in [6, 6.07) is 5.99. The Labute approximate surface area is 97.8 Å². The third-order valence-corrected chi connectivity index (χ3v) is 2.30. The van der Waals surface area contributed by atoms with E-state index in [1.165, 1.54) is 0 Å². The second-order valence-electron chi connectivity index (χ2n) is 3.58. The van der Waals surface area contributed by atoms with E-state index in [4.69, 9.17) is 9.47 Å². The second kappa shape index (κ2) is 7.12. The summed E-state index contributed by atoms with van der Waals surface area (Å²) in [5.74, 6) is 1.68. The van der Waals surface area contributed by atoms with Gasteiger partial charge in [-0.2, -0.15) is 0 Å². The minimum atomic E-state index is 0.722. The van der Waals surface area contributed by atoms with Gasteiger partial charge in [0.15, 0.2) is 11.5 Å². The Kier molecular flexibility index (Phi) is 5.72. The molecule has 0 saturated heterocycles. The third kappa shape index (κ3) is 3.42. The summed E-state index contributed by atoms with van der Waals surface area (Å²) in [6.45, 7) is 6.67. The number of hydrogen-bond donors (Lipinski definition) is 1. The van der Waals surface area contributed by atoms with Crippen molar-refractivity contribution >= 4 is 0 Å². The highest BCUT2D eigenvalue weighted by Gasteiger charge is 2.09. The molecule has 1 rings (SSSR count). The van der Waals surface area contributed by atoms with Gasteiger partial charge in [0.05, 0.1) is 13.7 Å². The van der Waals surface area contributed by atoms with E-state index >= 15 is 0 Å². The molecule has 0 radical (unpaired) electrons. The fourth-order valence-corrected chi connectivity index (χ4v) is 1.49. The van der Waals surface area contributed by atoms with E-state index in [1.54, 1.807) is 7.11 Å². The molecular weight excluding hydrogens is 202 g/mol. The fourth-order valence-electron chi connectivity index (χ4n) is 1.49. The highest BCUT2D eigenvalue weighted by atomic mass is 16.5. The van der Waals surface area contributed by atoms with Crippen LogP contribution >= 0.6 is 0 Å². The van der Waals surface area contributed by atoms with E-state index < -0.39 is 0 Å². The molecule has 16 heavy (non-hydrogen) atoms. The lowest BCUT2D eigenvalue weighted by Gasteiger charge is -2.14. The zero-order valence-electron chi connectivity index (χ0n) is 10.4. The first-order chi connectivity index (χ1) is 7.83. The Hall–Kier alpha value is -1.22. The second-order valence-corrected chi connectivity index (χ2v) is 3.58. The van der Waals surface area contributed by atoms with Crippen molar-refractivity contribution < 1.29 is 9.47 Å². The molecule has 0 aliphatic rings. The van der Waals surface area contributed by atoms with Crippen LogP contribution in [0.3, 0.4) is 0 Å². The largest absolute Gasteiger partial charge is 0.493 e. The van der Waals surface area contributed by atoms with Crippen LogP contribution in [-0.4, -0.2) is 20.3 Å². The van der Waals surface area contributed by atoms with Crippen LogP contribution in [0.5, 0.6) is 11.5 Å². The van der Waals surface area contributed by atoms with Crippen molar-refractivity contribution in [1.29, 1.82) is 0 Å². The Morgan fingerprint density at radius 3 is 2.69 bits per heavy atom. The van der Waals surface area contributed by atoms with E-state index in [0.717, 1.165) is 43.2 Å². The molecule has 0 fully saturated rings. The zero-order chi connectivity index (χ0) is 11.8. The highest BCUT2D eigenvalue weighted by Crippen LogP contribution is 2.31. The molecule has 1 N–H and O–H groups in total. The van der Waals surface area contributed by atoms with Gasteiger partial charge in [-0.1, -0.05) is 26.0 Å². The number of para-hydroxylation sites is 1. The summed E-state index contributed by atoms with van der Waals surface area (Å²) in [4.78, 5) is 0. The number of methoxy groups -OCH3 is 1. The molecule has 0 aromatic heterocycles. The van der Waals surface area contributed by atoms with Gasteiger partial charge in [0, 0.05) is 12.1 Å². The topological polar surface area (TPSA) is 30.5 Å². The molecule has 0 aliphatic carbocycles. The SMILES string of the molecule is CCCOc1c(CNCC)cccc1OC. The van der Waals surface area contributed by atoms with Crippen molar-refractivity contribution in [3.63, 3.8) is 0 Å². The van der Waals surface area contributed by atoms with Crippen molar-refractivity contribution in [2.24, 2.45) is 0 Å². The van der Waals surface area contributed by atoms with Gasteiger partial charge in [-0.25, -0.2) is 0 Å². The summed E-state index contributed by atoms with van der Waals surface area (Å²) in [5, 5.41) is 3.30. The van der Waals surface area contributed by atoms with Crippen LogP contribution in [0.25, 0.3) is 0 Å². The lowest BCUT2D eigenvalue weighted by atomic mass is 10.2. The van der Waals surface area contributed by atoms with E-state index in [-0.39, 0.29) is 0 Å². The molecule has 0 unspecified atom stereocenters. The first-order valence-corrected chi connectivity index (χ1v) is 5.82. The molecule has 3 nitrogen and oxygen atoms in total. The average molecular weight is 223 g/mol. The van der Waals surface area contributed by atoms with Crippen molar-refractivity contribution in [2.75, 3.05) is 20.3 Å². The molecule has 1 aromatic carbocycles. The van der Waals surface area contributed by atoms with E-state index in [1.807, 2.05) is 12.1 Å². The molecule has 90 valence electrons. The van der Waals surface area contributed by atoms with Crippen LogP contribution in [0, 0.1) is 0 Å². The van der Waals surface area contributed by atoms with Gasteiger partial charge in [0.2, 0.25) is 0 Å². The van der Waals surface area contributed by atoms with Crippen LogP contribution in [0.2, 0.25) is 0 Å². The number of ether oxygens (including phenoxy) is 2. The van der Waals surface area contributed by atoms with Gasteiger partial charge in [0.1, 0.15) is 0 Å². The predicted octanol–water partition coefficient (Wildman–Crippen LogP) is 2.59. The molecule has 0 saturated carbocycles. The maximum Gasteiger partial charge on any atom is 0.165 e. The van der Waals surface area contributed by atoms with Crippen LogP contribution in [0.15, 0.2) is 18.2 Å². The van der Waals surface area contributed by atoms with Crippen molar-refractivity contribution in [2.45, 2.75) is 26.8 Å². The molecular formula is C13H21NO2. The molecule has 0 spiro atoms. The first kappa shape index (κ1) is 12.8. The third-order valence-electron chi connectivity index (χ3n) is 2.30. The maximum absolute atomic E-state index is 5.74. The predicted molar refractivity (Wildman–Crippen MR) is 66.2 cm³/mol. The summed E-state index contributed by atoms with van der Waals surface area (Å²) >= 11 is 0. The molecule has 0 atom stereocenters. The lowest BCUT2D eigenvalue weighted by molar-refractivity contribution is 0.290. The minimum Gasteiger partial charge on any atom is -0.493 e. The zero-order valence-corrected chi connectivity index (χ0v) is 10.4. The van der Waals surface area contributed by atoms with Gasteiger partial charge in [-0.05, 0) is 19.0 Å². The average Bonchev–Trinajstić information content (AvgIpc) is 2.33. The van der Waals surface area contributed by atoms with Crippen molar-refractivity contribution in [3.8, 4) is 11.5 Å². The van der Waals surface area contributed by atoms with Crippen molar-refractivity contribution in [1.82, 2.24) is 5.32 Å². The Morgan fingerprint density at radius 2 is 2.06 bits per heavy atom. The van der Waals surface area contributed by atoms with Gasteiger partial charge < -0.3 is 14.8 Å². The number of rotatable bonds is 7.